The van der Waals surface area contributed by atoms with Gasteiger partial charge in [-0.15, -0.1) is 10.2 Å². The number of rotatable bonds is 5. The van der Waals surface area contributed by atoms with Gasteiger partial charge in [-0.25, -0.2) is 0 Å². The molecule has 5 heteroatoms. The Balaban J connectivity index is 0.827. The molecule has 0 atom stereocenters. The molecule has 298 valence electrons. The van der Waals surface area contributed by atoms with E-state index in [2.05, 4.69) is 215 Å². The standard InChI is InChI=1S/C58H40N4S/c1-35-24-36(2)26-46(25-35)58-60-59-57(63-58)41-11-9-10-37(27-41)38-18-19-39-29-44-32-45-33-47(21-20-40(45)30-43(44)31-42(39)28-38)61-55-17-8-5-14-51(55)52-34-48(22-23-56(52)61)62-53-15-6-3-12-49(53)50-13-4-7-16-54(50)62/h3-29,31,33-34H,30,32H2,1-2H3. The molecular formula is C58H40N4S. The molecule has 12 aromatic rings. The van der Waals surface area contributed by atoms with E-state index >= 15 is 0 Å². The lowest BCUT2D eigenvalue weighted by Crippen LogP contribution is -2.08. The van der Waals surface area contributed by atoms with Gasteiger partial charge in [-0.3, -0.25) is 0 Å². The van der Waals surface area contributed by atoms with E-state index in [-0.39, 0.29) is 0 Å². The monoisotopic (exact) mass is 824 g/mol. The molecule has 0 fully saturated rings. The summed E-state index contributed by atoms with van der Waals surface area (Å²) in [5.41, 5.74) is 20.0. The molecule has 1 aliphatic rings. The number of hydrogen-bond acceptors (Lipinski definition) is 3. The molecular weight excluding hydrogens is 785 g/mol. The van der Waals surface area contributed by atoms with Gasteiger partial charge in [0.25, 0.3) is 0 Å². The van der Waals surface area contributed by atoms with Crippen LogP contribution in [0.3, 0.4) is 0 Å². The van der Waals surface area contributed by atoms with E-state index in [4.69, 9.17) is 0 Å². The first-order chi connectivity index (χ1) is 31.0. The molecule has 9 aromatic carbocycles. The second kappa shape index (κ2) is 14.0. The maximum Gasteiger partial charge on any atom is 0.148 e. The molecule has 3 aromatic heterocycles. The van der Waals surface area contributed by atoms with Gasteiger partial charge in [-0.2, -0.15) is 0 Å². The van der Waals surface area contributed by atoms with Gasteiger partial charge in [0, 0.05) is 44.0 Å². The Hall–Kier alpha value is -7.60. The average Bonchev–Trinajstić information content (AvgIpc) is 4.03. The summed E-state index contributed by atoms with van der Waals surface area (Å²) in [6, 6.07) is 67.5. The van der Waals surface area contributed by atoms with Crippen LogP contribution in [0.15, 0.2) is 182 Å². The molecule has 13 rings (SSSR count). The lowest BCUT2D eigenvalue weighted by molar-refractivity contribution is 0.997. The fourth-order valence-corrected chi connectivity index (χ4v) is 11.2. The normalized spacial score (nSPS) is 12.5. The van der Waals surface area contributed by atoms with Crippen LogP contribution in [0.2, 0.25) is 0 Å². The summed E-state index contributed by atoms with van der Waals surface area (Å²) in [6.07, 6.45) is 1.84. The summed E-state index contributed by atoms with van der Waals surface area (Å²) < 4.78 is 4.88. The quantitative estimate of drug-likeness (QED) is 0.173. The summed E-state index contributed by atoms with van der Waals surface area (Å²) in [6.45, 7) is 4.26. The Morgan fingerprint density at radius 3 is 1.62 bits per heavy atom. The zero-order valence-electron chi connectivity index (χ0n) is 34.9. The minimum Gasteiger partial charge on any atom is -0.309 e. The van der Waals surface area contributed by atoms with Crippen LogP contribution in [0, 0.1) is 13.8 Å². The fourth-order valence-electron chi connectivity index (χ4n) is 10.4. The van der Waals surface area contributed by atoms with Gasteiger partial charge in [0.2, 0.25) is 0 Å². The van der Waals surface area contributed by atoms with Gasteiger partial charge in [0.05, 0.1) is 22.1 Å². The zero-order valence-corrected chi connectivity index (χ0v) is 35.7. The van der Waals surface area contributed by atoms with Crippen LogP contribution in [0.4, 0.5) is 0 Å². The Morgan fingerprint density at radius 1 is 0.365 bits per heavy atom. The summed E-state index contributed by atoms with van der Waals surface area (Å²) in [4.78, 5) is 0. The Kier molecular flexibility index (Phi) is 8.00. The highest BCUT2D eigenvalue weighted by Crippen LogP contribution is 2.40. The number of aromatic nitrogens is 4. The van der Waals surface area contributed by atoms with Crippen molar-refractivity contribution in [3.8, 4) is 43.6 Å². The first-order valence-electron chi connectivity index (χ1n) is 21.7. The van der Waals surface area contributed by atoms with Crippen molar-refractivity contribution >= 4 is 65.7 Å². The second-order valence-electron chi connectivity index (χ2n) is 17.3. The first kappa shape index (κ1) is 36.1. The van der Waals surface area contributed by atoms with Gasteiger partial charge >= 0.3 is 0 Å². The first-order valence-corrected chi connectivity index (χ1v) is 22.5. The third kappa shape index (κ3) is 5.88. The predicted molar refractivity (Wildman–Crippen MR) is 264 cm³/mol. The number of para-hydroxylation sites is 3. The minimum absolute atomic E-state index is 0.916. The summed E-state index contributed by atoms with van der Waals surface area (Å²) in [5.74, 6) is 0. The topological polar surface area (TPSA) is 35.6 Å². The van der Waals surface area contributed by atoms with Crippen molar-refractivity contribution < 1.29 is 0 Å². The van der Waals surface area contributed by atoms with E-state index in [0.717, 1.165) is 34.0 Å². The van der Waals surface area contributed by atoms with Crippen LogP contribution < -0.4 is 0 Å². The molecule has 0 saturated heterocycles. The zero-order chi connectivity index (χ0) is 41.8. The average molecular weight is 825 g/mol. The summed E-state index contributed by atoms with van der Waals surface area (Å²) in [7, 11) is 0. The van der Waals surface area contributed by atoms with Crippen molar-refractivity contribution in [2.24, 2.45) is 0 Å². The van der Waals surface area contributed by atoms with Gasteiger partial charge < -0.3 is 9.13 Å². The predicted octanol–water partition coefficient (Wildman–Crippen LogP) is 15.0. The Labute approximate surface area is 369 Å². The van der Waals surface area contributed by atoms with Crippen LogP contribution in [0.25, 0.3) is 98.0 Å². The molecule has 1 aliphatic carbocycles. The number of hydrogen-bond donors (Lipinski definition) is 0. The van der Waals surface area contributed by atoms with Crippen molar-refractivity contribution in [2.75, 3.05) is 0 Å². The Bertz CT molecular complexity index is 3770. The van der Waals surface area contributed by atoms with E-state index in [9.17, 15) is 0 Å². The smallest absolute Gasteiger partial charge is 0.148 e. The molecule has 0 spiro atoms. The van der Waals surface area contributed by atoms with Gasteiger partial charge in [0.15, 0.2) is 0 Å². The van der Waals surface area contributed by atoms with Crippen LogP contribution in [0.1, 0.15) is 33.4 Å². The molecule has 0 N–H and O–H groups in total. The van der Waals surface area contributed by atoms with E-state index in [1.165, 1.54) is 110 Å². The van der Waals surface area contributed by atoms with E-state index < -0.39 is 0 Å². The van der Waals surface area contributed by atoms with Gasteiger partial charge in [-0.05, 0) is 144 Å². The fraction of sp³-hybridized carbons (Fsp3) is 0.0690. The SMILES string of the molecule is Cc1cc(C)cc(-c2nnc(-c3cccc(-c4ccc5cc6c(cc5c4)Cc4ccc(-n5c7ccccc7c7cc(-n8c9ccccc9c9ccccc98)ccc75)cc4C6)c3)s2)c1. The van der Waals surface area contributed by atoms with Crippen molar-refractivity contribution in [1.82, 2.24) is 19.3 Å². The van der Waals surface area contributed by atoms with Crippen molar-refractivity contribution in [1.29, 1.82) is 0 Å². The number of fused-ring (bicyclic) bond motifs is 9. The van der Waals surface area contributed by atoms with Crippen molar-refractivity contribution in [3.63, 3.8) is 0 Å². The van der Waals surface area contributed by atoms with Crippen LogP contribution in [-0.2, 0) is 12.8 Å². The minimum atomic E-state index is 0.916. The molecule has 0 aliphatic heterocycles. The van der Waals surface area contributed by atoms with Gasteiger partial charge in [0.1, 0.15) is 10.0 Å². The Morgan fingerprint density at radius 2 is 0.905 bits per heavy atom. The molecule has 0 amide bonds. The molecule has 0 saturated carbocycles. The third-order valence-corrected chi connectivity index (χ3v) is 14.2. The maximum atomic E-state index is 4.61. The number of aryl methyl sites for hydroxylation is 2. The second-order valence-corrected chi connectivity index (χ2v) is 18.3. The molecule has 0 radical (unpaired) electrons. The molecule has 3 heterocycles. The highest BCUT2D eigenvalue weighted by molar-refractivity contribution is 7.17. The number of benzene rings is 9. The highest BCUT2D eigenvalue weighted by atomic mass is 32.1. The molecule has 0 bridgehead atoms. The van der Waals surface area contributed by atoms with Crippen LogP contribution in [-0.4, -0.2) is 19.3 Å². The molecule has 0 unspecified atom stereocenters. The largest absolute Gasteiger partial charge is 0.309 e. The van der Waals surface area contributed by atoms with Crippen LogP contribution in [0.5, 0.6) is 0 Å². The maximum absolute atomic E-state index is 4.61. The van der Waals surface area contributed by atoms with E-state index in [0.29, 0.717) is 0 Å². The third-order valence-electron chi connectivity index (χ3n) is 13.2. The molecule has 4 nitrogen and oxygen atoms in total. The van der Waals surface area contributed by atoms with Crippen molar-refractivity contribution in [3.05, 3.63) is 215 Å². The highest BCUT2D eigenvalue weighted by Gasteiger charge is 2.21. The van der Waals surface area contributed by atoms with E-state index in [1.54, 1.807) is 11.3 Å². The summed E-state index contributed by atoms with van der Waals surface area (Å²) in [5, 5.41) is 18.7. The number of nitrogens with zero attached hydrogens (tertiary/aromatic N) is 4. The molecule has 63 heavy (non-hydrogen) atoms. The lowest BCUT2D eigenvalue weighted by atomic mass is 9.84. The summed E-state index contributed by atoms with van der Waals surface area (Å²) >= 11 is 1.65. The van der Waals surface area contributed by atoms with E-state index in [1.807, 2.05) is 0 Å². The lowest BCUT2D eigenvalue weighted by Gasteiger charge is -2.22. The van der Waals surface area contributed by atoms with Crippen molar-refractivity contribution in [2.45, 2.75) is 26.7 Å². The van der Waals surface area contributed by atoms with Gasteiger partial charge in [-0.1, -0.05) is 132 Å². The van der Waals surface area contributed by atoms with Crippen LogP contribution >= 0.6 is 11.3 Å².